The lowest BCUT2D eigenvalue weighted by Crippen LogP contribution is -2.23. The number of thiocarbonyl (C=S) groups is 1. The lowest BCUT2D eigenvalue weighted by Gasteiger charge is -2.16. The van der Waals surface area contributed by atoms with Gasteiger partial charge in [0.1, 0.15) is 0 Å². The van der Waals surface area contributed by atoms with E-state index in [1.54, 1.807) is 25.2 Å². The molecule has 1 aromatic rings. The summed E-state index contributed by atoms with van der Waals surface area (Å²) in [7, 11) is 1.61. The summed E-state index contributed by atoms with van der Waals surface area (Å²) < 4.78 is 0. The van der Waals surface area contributed by atoms with Crippen LogP contribution >= 0.6 is 35.4 Å². The molecule has 0 aromatic heterocycles. The van der Waals surface area contributed by atoms with E-state index in [1.807, 2.05) is 0 Å². The molecule has 1 aromatic carbocycles. The number of nitrogens with zero attached hydrogens (tertiary/aromatic N) is 1. The fraction of sp³-hybridized carbons (Fsp3) is 0.125. The number of rotatable bonds is 1. The maximum absolute atomic E-state index is 9.05. The van der Waals surface area contributed by atoms with Crippen LogP contribution in [0.3, 0.4) is 0 Å². The van der Waals surface area contributed by atoms with Crippen LogP contribution in [0.25, 0.3) is 0 Å². The van der Waals surface area contributed by atoms with Crippen LogP contribution in [0.4, 0.5) is 5.69 Å². The first-order chi connectivity index (χ1) is 6.02. The average Bonchev–Trinajstić information content (AvgIpc) is 2.08. The summed E-state index contributed by atoms with van der Waals surface area (Å²) in [5.41, 5.74) is 0.585. The molecule has 0 aliphatic rings. The molecule has 5 heteroatoms. The van der Waals surface area contributed by atoms with Crippen molar-refractivity contribution in [3.8, 4) is 0 Å². The van der Waals surface area contributed by atoms with Crippen molar-refractivity contribution >= 4 is 46.3 Å². The van der Waals surface area contributed by atoms with Crippen molar-refractivity contribution in [1.82, 2.24) is 0 Å². The van der Waals surface area contributed by atoms with Crippen LogP contribution in [0.15, 0.2) is 18.2 Å². The molecule has 13 heavy (non-hydrogen) atoms. The highest BCUT2D eigenvalue weighted by Gasteiger charge is 2.09. The Balaban J connectivity index is 3.12. The van der Waals surface area contributed by atoms with Gasteiger partial charge in [0, 0.05) is 12.1 Å². The van der Waals surface area contributed by atoms with Gasteiger partial charge in [0.05, 0.1) is 10.7 Å². The largest absolute Gasteiger partial charge is 0.486 e. The first kappa shape index (κ1) is 10.6. The molecule has 1 N–H and O–H groups in total. The lowest BCUT2D eigenvalue weighted by atomic mass is 10.3. The quantitative estimate of drug-likeness (QED) is 0.757. The second kappa shape index (κ2) is 4.13. The van der Waals surface area contributed by atoms with Gasteiger partial charge in [0.25, 0.3) is 5.17 Å². The molecule has 0 saturated carbocycles. The summed E-state index contributed by atoms with van der Waals surface area (Å²) in [5.74, 6) is 0. The molecule has 0 aliphatic carbocycles. The summed E-state index contributed by atoms with van der Waals surface area (Å²) in [6.07, 6.45) is 0. The van der Waals surface area contributed by atoms with Crippen LogP contribution in [0.5, 0.6) is 0 Å². The van der Waals surface area contributed by atoms with E-state index in [9.17, 15) is 0 Å². The van der Waals surface area contributed by atoms with E-state index >= 15 is 0 Å². The third kappa shape index (κ3) is 2.46. The predicted octanol–water partition coefficient (Wildman–Crippen LogP) is 3.27. The van der Waals surface area contributed by atoms with Gasteiger partial charge in [-0.15, -0.1) is 0 Å². The second-order valence-electron chi connectivity index (χ2n) is 2.44. The number of aliphatic hydroxyl groups excluding tert-OH is 1. The van der Waals surface area contributed by atoms with Gasteiger partial charge in [-0.1, -0.05) is 23.2 Å². The molecule has 0 atom stereocenters. The van der Waals surface area contributed by atoms with Gasteiger partial charge in [-0.25, -0.2) is 0 Å². The van der Waals surface area contributed by atoms with E-state index in [4.69, 9.17) is 28.3 Å². The summed E-state index contributed by atoms with van der Waals surface area (Å²) in [6.45, 7) is 0. The zero-order valence-electron chi connectivity index (χ0n) is 6.79. The summed E-state index contributed by atoms with van der Waals surface area (Å²) in [4.78, 5) is 1.38. The minimum absolute atomic E-state index is 0.246. The molecular weight excluding hydrogens is 229 g/mol. The molecule has 1 rings (SSSR count). The fourth-order valence-corrected chi connectivity index (χ4v) is 1.35. The number of anilines is 1. The Morgan fingerprint density at radius 2 is 2.08 bits per heavy atom. The third-order valence-corrected chi connectivity index (χ3v) is 2.39. The standard InChI is InChI=1S/C8H7Cl2NOS/c1-11(8(12)13)7-4-5(9)2-3-6(7)10/h2-4H,1H3,(H,12,13). The monoisotopic (exact) mass is 235 g/mol. The molecule has 0 radical (unpaired) electrons. The van der Waals surface area contributed by atoms with Crippen molar-refractivity contribution in [3.05, 3.63) is 28.2 Å². The van der Waals surface area contributed by atoms with E-state index in [2.05, 4.69) is 12.2 Å². The van der Waals surface area contributed by atoms with Gasteiger partial charge >= 0.3 is 0 Å². The molecule has 0 aliphatic heterocycles. The number of benzene rings is 1. The topological polar surface area (TPSA) is 23.5 Å². The zero-order valence-corrected chi connectivity index (χ0v) is 9.12. The van der Waals surface area contributed by atoms with Crippen molar-refractivity contribution in [2.45, 2.75) is 0 Å². The third-order valence-electron chi connectivity index (χ3n) is 1.56. The number of halogens is 2. The van der Waals surface area contributed by atoms with Crippen LogP contribution in [0.2, 0.25) is 10.0 Å². The molecule has 0 unspecified atom stereocenters. The minimum Gasteiger partial charge on any atom is -0.486 e. The van der Waals surface area contributed by atoms with Crippen molar-refractivity contribution in [3.63, 3.8) is 0 Å². The van der Waals surface area contributed by atoms with Crippen molar-refractivity contribution in [2.24, 2.45) is 0 Å². The van der Waals surface area contributed by atoms with Crippen molar-refractivity contribution in [1.29, 1.82) is 0 Å². The Morgan fingerprint density at radius 3 is 2.62 bits per heavy atom. The van der Waals surface area contributed by atoms with Crippen molar-refractivity contribution in [2.75, 3.05) is 11.9 Å². The molecule has 0 bridgehead atoms. The van der Waals surface area contributed by atoms with Crippen molar-refractivity contribution < 1.29 is 5.11 Å². The molecule has 0 saturated heterocycles. The zero-order chi connectivity index (χ0) is 10.0. The first-order valence-corrected chi connectivity index (χ1v) is 4.60. The Kier molecular flexibility index (Phi) is 3.36. The molecule has 2 nitrogen and oxygen atoms in total. The summed E-state index contributed by atoms with van der Waals surface area (Å²) in [5, 5.41) is 9.83. The highest BCUT2D eigenvalue weighted by atomic mass is 35.5. The summed E-state index contributed by atoms with van der Waals surface area (Å²) in [6, 6.07) is 4.95. The van der Waals surface area contributed by atoms with Gasteiger partial charge in [0.2, 0.25) is 0 Å². The highest BCUT2D eigenvalue weighted by molar-refractivity contribution is 7.80. The van der Waals surface area contributed by atoms with E-state index in [0.29, 0.717) is 15.7 Å². The van der Waals surface area contributed by atoms with Crippen LogP contribution in [0.1, 0.15) is 0 Å². The highest BCUT2D eigenvalue weighted by Crippen LogP contribution is 2.28. The van der Waals surface area contributed by atoms with E-state index < -0.39 is 0 Å². The SMILES string of the molecule is CN(C(O)=S)c1cc(Cl)ccc1Cl. The molecule has 0 fully saturated rings. The number of aliphatic hydroxyl groups is 1. The van der Waals surface area contributed by atoms with E-state index in [-0.39, 0.29) is 5.17 Å². The first-order valence-electron chi connectivity index (χ1n) is 3.44. The minimum atomic E-state index is -0.246. The normalized spacial score (nSPS) is 9.77. The Hall–Kier alpha value is -0.510. The van der Waals surface area contributed by atoms with Crippen LogP contribution < -0.4 is 4.90 Å². The average molecular weight is 236 g/mol. The van der Waals surface area contributed by atoms with Gasteiger partial charge in [-0.05, 0) is 30.4 Å². The molecular formula is C8H7Cl2NOS. The van der Waals surface area contributed by atoms with Gasteiger partial charge in [0.15, 0.2) is 0 Å². The van der Waals surface area contributed by atoms with Gasteiger partial charge in [-0.2, -0.15) is 0 Å². The Bertz CT molecular complexity index is 343. The summed E-state index contributed by atoms with van der Waals surface area (Å²) >= 11 is 16.2. The smallest absolute Gasteiger partial charge is 0.261 e. The second-order valence-corrected chi connectivity index (χ2v) is 3.65. The van der Waals surface area contributed by atoms with Gasteiger partial charge in [-0.3, -0.25) is 0 Å². The molecule has 0 spiro atoms. The molecule has 70 valence electrons. The maximum Gasteiger partial charge on any atom is 0.261 e. The fourth-order valence-electron chi connectivity index (χ4n) is 0.846. The Morgan fingerprint density at radius 1 is 1.46 bits per heavy atom. The number of hydrogen-bond acceptors (Lipinski definition) is 1. The molecule has 0 amide bonds. The lowest BCUT2D eigenvalue weighted by molar-refractivity contribution is 0.554. The Labute approximate surface area is 91.7 Å². The van der Waals surface area contributed by atoms with Gasteiger partial charge < -0.3 is 10.0 Å². The maximum atomic E-state index is 9.05. The van der Waals surface area contributed by atoms with Crippen LogP contribution in [-0.2, 0) is 0 Å². The van der Waals surface area contributed by atoms with E-state index in [0.717, 1.165) is 0 Å². The van der Waals surface area contributed by atoms with E-state index in [1.165, 1.54) is 4.90 Å². The predicted molar refractivity (Wildman–Crippen MR) is 60.1 cm³/mol. The number of hydrogen-bond donors (Lipinski definition) is 1. The molecule has 0 heterocycles. The van der Waals surface area contributed by atoms with Crippen LogP contribution in [-0.4, -0.2) is 17.3 Å². The van der Waals surface area contributed by atoms with Crippen LogP contribution in [0, 0.1) is 0 Å².